The van der Waals surface area contributed by atoms with Gasteiger partial charge in [0.1, 0.15) is 11.5 Å². The molecule has 0 bridgehead atoms. The molecule has 0 N–H and O–H groups in total. The van der Waals surface area contributed by atoms with Crippen molar-refractivity contribution in [2.75, 3.05) is 40.4 Å². The number of piperazine rings is 1. The van der Waals surface area contributed by atoms with Gasteiger partial charge in [0.2, 0.25) is 5.89 Å². The molecule has 7 nitrogen and oxygen atoms in total. The Balaban J connectivity index is 1.59. The molecule has 3 rings (SSSR count). The average molecular weight is 346 g/mol. The number of ether oxygens (including phenoxy) is 2. The van der Waals surface area contributed by atoms with Crippen molar-refractivity contribution in [2.24, 2.45) is 0 Å². The lowest BCUT2D eigenvalue weighted by atomic mass is 10.1. The Labute approximate surface area is 148 Å². The number of aryl methyl sites for hydroxylation is 1. The smallest absolute Gasteiger partial charge is 0.243 e. The van der Waals surface area contributed by atoms with Gasteiger partial charge in [-0.1, -0.05) is 5.16 Å². The Morgan fingerprint density at radius 2 is 1.92 bits per heavy atom. The van der Waals surface area contributed by atoms with E-state index in [0.717, 1.165) is 49.8 Å². The van der Waals surface area contributed by atoms with E-state index in [1.807, 2.05) is 19.1 Å². The van der Waals surface area contributed by atoms with E-state index in [1.165, 1.54) is 0 Å². The van der Waals surface area contributed by atoms with Crippen LogP contribution >= 0.6 is 0 Å². The summed E-state index contributed by atoms with van der Waals surface area (Å²) in [7, 11) is 3.39. The van der Waals surface area contributed by atoms with Crippen LogP contribution in [0.2, 0.25) is 0 Å². The van der Waals surface area contributed by atoms with Crippen molar-refractivity contribution < 1.29 is 14.0 Å². The maximum absolute atomic E-state index is 5.49. The summed E-state index contributed by atoms with van der Waals surface area (Å²) in [5, 5.41) is 3.89. The zero-order valence-electron chi connectivity index (χ0n) is 15.4. The quantitative estimate of drug-likeness (QED) is 0.795. The Morgan fingerprint density at radius 1 is 1.16 bits per heavy atom. The second-order valence-electron chi connectivity index (χ2n) is 6.35. The summed E-state index contributed by atoms with van der Waals surface area (Å²) in [4.78, 5) is 9.16. The first kappa shape index (κ1) is 17.7. The Morgan fingerprint density at radius 3 is 2.52 bits per heavy atom. The number of methoxy groups -OCH3 is 2. The van der Waals surface area contributed by atoms with Gasteiger partial charge in [0.25, 0.3) is 0 Å². The number of benzene rings is 1. The van der Waals surface area contributed by atoms with Crippen molar-refractivity contribution in [3.05, 3.63) is 35.5 Å². The molecule has 0 radical (unpaired) electrons. The largest absolute Gasteiger partial charge is 0.497 e. The maximum Gasteiger partial charge on any atom is 0.243 e. The van der Waals surface area contributed by atoms with Gasteiger partial charge in [-0.2, -0.15) is 4.98 Å². The van der Waals surface area contributed by atoms with Crippen LogP contribution in [-0.2, 0) is 6.54 Å². The Kier molecular flexibility index (Phi) is 5.55. The van der Waals surface area contributed by atoms with E-state index in [9.17, 15) is 0 Å². The summed E-state index contributed by atoms with van der Waals surface area (Å²) < 4.78 is 16.1. The van der Waals surface area contributed by atoms with Crippen LogP contribution in [0, 0.1) is 6.92 Å². The van der Waals surface area contributed by atoms with E-state index in [2.05, 4.69) is 32.9 Å². The molecule has 1 atom stereocenters. The second-order valence-corrected chi connectivity index (χ2v) is 6.35. The summed E-state index contributed by atoms with van der Waals surface area (Å²) in [6.45, 7) is 8.72. The molecule has 1 aliphatic rings. The molecule has 0 spiro atoms. The van der Waals surface area contributed by atoms with Crippen LogP contribution in [0.4, 0.5) is 0 Å². The van der Waals surface area contributed by atoms with E-state index >= 15 is 0 Å². The lowest BCUT2D eigenvalue weighted by molar-refractivity contribution is 0.0840. The lowest BCUT2D eigenvalue weighted by Crippen LogP contribution is -2.46. The summed E-state index contributed by atoms with van der Waals surface area (Å²) >= 11 is 0. The minimum absolute atomic E-state index is 0.148. The third-order valence-electron chi connectivity index (χ3n) is 4.74. The van der Waals surface area contributed by atoms with E-state index in [0.29, 0.717) is 11.7 Å². The zero-order chi connectivity index (χ0) is 17.8. The van der Waals surface area contributed by atoms with Crippen molar-refractivity contribution in [2.45, 2.75) is 26.4 Å². The highest BCUT2D eigenvalue weighted by Gasteiger charge is 2.25. The Bertz CT molecular complexity index is 695. The maximum atomic E-state index is 5.49. The topological polar surface area (TPSA) is 63.9 Å². The van der Waals surface area contributed by atoms with Crippen LogP contribution in [0.25, 0.3) is 0 Å². The predicted molar refractivity (Wildman–Crippen MR) is 93.8 cm³/mol. The first-order valence-electron chi connectivity index (χ1n) is 8.58. The third-order valence-corrected chi connectivity index (χ3v) is 4.74. The van der Waals surface area contributed by atoms with Gasteiger partial charge in [-0.15, -0.1) is 0 Å². The molecule has 1 aromatic carbocycles. The molecular formula is C18H26N4O3. The summed E-state index contributed by atoms with van der Waals surface area (Å²) in [5.74, 6) is 3.14. The molecule has 0 amide bonds. The van der Waals surface area contributed by atoms with Crippen LogP contribution in [0.1, 0.15) is 30.2 Å². The van der Waals surface area contributed by atoms with Gasteiger partial charge in [-0.3, -0.25) is 9.80 Å². The Hall–Kier alpha value is -2.12. The number of hydrogen-bond acceptors (Lipinski definition) is 7. The normalized spacial score (nSPS) is 17.4. The third kappa shape index (κ3) is 4.11. The molecule has 2 aromatic rings. The van der Waals surface area contributed by atoms with Gasteiger partial charge in [0, 0.05) is 38.3 Å². The van der Waals surface area contributed by atoms with Crippen molar-refractivity contribution in [1.29, 1.82) is 0 Å². The SMILES string of the molecule is COc1ccc(OC)c(CN2CCN([C@@H](C)c3nc(C)no3)CC2)c1. The van der Waals surface area contributed by atoms with E-state index in [1.54, 1.807) is 14.2 Å². The molecule has 1 saturated heterocycles. The van der Waals surface area contributed by atoms with Crippen molar-refractivity contribution >= 4 is 0 Å². The molecule has 1 aromatic heterocycles. The fourth-order valence-electron chi connectivity index (χ4n) is 3.19. The highest BCUT2D eigenvalue weighted by Crippen LogP contribution is 2.26. The molecule has 0 saturated carbocycles. The molecule has 1 aliphatic heterocycles. The van der Waals surface area contributed by atoms with Crippen LogP contribution < -0.4 is 9.47 Å². The zero-order valence-corrected chi connectivity index (χ0v) is 15.4. The van der Waals surface area contributed by atoms with E-state index in [-0.39, 0.29) is 6.04 Å². The highest BCUT2D eigenvalue weighted by atomic mass is 16.5. The van der Waals surface area contributed by atoms with Crippen molar-refractivity contribution in [3.8, 4) is 11.5 Å². The van der Waals surface area contributed by atoms with Crippen LogP contribution in [0.15, 0.2) is 22.7 Å². The van der Waals surface area contributed by atoms with Crippen LogP contribution in [-0.4, -0.2) is 60.3 Å². The molecule has 2 heterocycles. The van der Waals surface area contributed by atoms with Crippen LogP contribution in [0.3, 0.4) is 0 Å². The molecule has 0 unspecified atom stereocenters. The highest BCUT2D eigenvalue weighted by molar-refractivity contribution is 5.40. The van der Waals surface area contributed by atoms with E-state index in [4.69, 9.17) is 14.0 Å². The predicted octanol–water partition coefficient (Wildman–Crippen LogP) is 2.27. The average Bonchev–Trinajstić information content (AvgIpc) is 3.08. The van der Waals surface area contributed by atoms with Gasteiger partial charge < -0.3 is 14.0 Å². The molecular weight excluding hydrogens is 320 g/mol. The molecule has 25 heavy (non-hydrogen) atoms. The number of nitrogens with zero attached hydrogens (tertiary/aromatic N) is 4. The fraction of sp³-hybridized carbons (Fsp3) is 0.556. The van der Waals surface area contributed by atoms with Gasteiger partial charge in [0.15, 0.2) is 5.82 Å². The van der Waals surface area contributed by atoms with Crippen molar-refractivity contribution in [3.63, 3.8) is 0 Å². The van der Waals surface area contributed by atoms with Gasteiger partial charge in [0.05, 0.1) is 20.3 Å². The summed E-state index contributed by atoms with van der Waals surface area (Å²) in [6.07, 6.45) is 0. The minimum atomic E-state index is 0.148. The van der Waals surface area contributed by atoms with Gasteiger partial charge in [-0.25, -0.2) is 0 Å². The number of hydrogen-bond donors (Lipinski definition) is 0. The monoisotopic (exact) mass is 346 g/mol. The summed E-state index contributed by atoms with van der Waals surface area (Å²) in [5.41, 5.74) is 1.15. The lowest BCUT2D eigenvalue weighted by Gasteiger charge is -2.37. The fourth-order valence-corrected chi connectivity index (χ4v) is 3.19. The molecule has 1 fully saturated rings. The first-order valence-corrected chi connectivity index (χ1v) is 8.58. The number of rotatable bonds is 6. The molecule has 7 heteroatoms. The van der Waals surface area contributed by atoms with Gasteiger partial charge in [-0.05, 0) is 32.0 Å². The summed E-state index contributed by atoms with van der Waals surface area (Å²) in [6, 6.07) is 6.09. The minimum Gasteiger partial charge on any atom is -0.497 e. The standard InChI is InChI=1S/C18H26N4O3/c1-13(18-19-14(2)20-25-18)22-9-7-21(8-10-22)12-15-11-16(23-3)5-6-17(15)24-4/h5-6,11,13H,7-10,12H2,1-4H3/t13-/m0/s1. The second kappa shape index (κ2) is 7.84. The van der Waals surface area contributed by atoms with Crippen molar-refractivity contribution in [1.82, 2.24) is 19.9 Å². The molecule has 136 valence electrons. The van der Waals surface area contributed by atoms with E-state index < -0.39 is 0 Å². The molecule has 0 aliphatic carbocycles. The number of aromatic nitrogens is 2. The first-order chi connectivity index (χ1) is 12.1. The van der Waals surface area contributed by atoms with Crippen LogP contribution in [0.5, 0.6) is 11.5 Å². The van der Waals surface area contributed by atoms with Gasteiger partial charge >= 0.3 is 0 Å².